The molecular weight excluding hydrogens is 453 g/mol. The zero-order valence-electron chi connectivity index (χ0n) is 20.5. The van der Waals surface area contributed by atoms with Crippen molar-refractivity contribution in [1.82, 2.24) is 9.97 Å². The summed E-state index contributed by atoms with van der Waals surface area (Å²) in [5, 5.41) is 5.88. The second-order valence-corrected chi connectivity index (χ2v) is 8.89. The fourth-order valence-corrected chi connectivity index (χ4v) is 3.61. The lowest BCUT2D eigenvalue weighted by molar-refractivity contribution is -0.137. The highest BCUT2D eigenvalue weighted by Crippen LogP contribution is 2.36. The Morgan fingerprint density at radius 1 is 0.943 bits per heavy atom. The minimum absolute atomic E-state index is 0.0649. The highest BCUT2D eigenvalue weighted by Gasteiger charge is 2.35. The molecule has 3 aromatic rings. The summed E-state index contributed by atoms with van der Waals surface area (Å²) >= 11 is 0. The van der Waals surface area contributed by atoms with Gasteiger partial charge in [0.2, 0.25) is 5.95 Å². The van der Waals surface area contributed by atoms with Crippen LogP contribution in [0.1, 0.15) is 57.6 Å². The average molecular weight is 487 g/mol. The molecule has 0 saturated carbocycles. The summed E-state index contributed by atoms with van der Waals surface area (Å²) in [6, 6.07) is 14.5. The molecule has 5 nitrogen and oxygen atoms in total. The molecule has 188 valence electrons. The van der Waals surface area contributed by atoms with Crippen LogP contribution in [0.15, 0.2) is 54.7 Å². The van der Waals surface area contributed by atoms with Crippen LogP contribution in [0.5, 0.6) is 5.75 Å². The topological polar surface area (TPSA) is 59.1 Å². The van der Waals surface area contributed by atoms with Crippen LogP contribution in [0.4, 0.5) is 36.3 Å². The van der Waals surface area contributed by atoms with Gasteiger partial charge in [-0.25, -0.2) is 4.98 Å². The van der Waals surface area contributed by atoms with Crippen molar-refractivity contribution in [3.63, 3.8) is 0 Å². The Bertz CT molecular complexity index is 1070. The van der Waals surface area contributed by atoms with Gasteiger partial charge in [0.25, 0.3) is 0 Å². The Kier molecular flexibility index (Phi) is 9.34. The summed E-state index contributed by atoms with van der Waals surface area (Å²) in [6.07, 6.45) is 1.45. The number of halogens is 3. The molecule has 0 unspecified atom stereocenters. The van der Waals surface area contributed by atoms with Gasteiger partial charge in [0, 0.05) is 17.6 Å². The molecule has 0 aliphatic rings. The summed E-state index contributed by atoms with van der Waals surface area (Å²) < 4.78 is 46.8. The second kappa shape index (κ2) is 12.4. The van der Waals surface area contributed by atoms with E-state index in [1.165, 1.54) is 12.8 Å². The Morgan fingerprint density at radius 2 is 1.69 bits per heavy atom. The molecule has 0 atom stereocenters. The van der Waals surface area contributed by atoms with Crippen LogP contribution in [0.2, 0.25) is 0 Å². The molecular formula is C27H33F3N4O. The Morgan fingerprint density at radius 3 is 2.37 bits per heavy atom. The first-order valence-corrected chi connectivity index (χ1v) is 12.0. The van der Waals surface area contributed by atoms with E-state index in [0.717, 1.165) is 36.8 Å². The number of hydrogen-bond acceptors (Lipinski definition) is 5. The molecule has 0 aliphatic heterocycles. The van der Waals surface area contributed by atoms with Gasteiger partial charge in [-0.1, -0.05) is 58.2 Å². The normalized spacial score (nSPS) is 11.5. The Labute approximate surface area is 205 Å². The zero-order valence-corrected chi connectivity index (χ0v) is 20.5. The van der Waals surface area contributed by atoms with Crippen molar-refractivity contribution in [3.8, 4) is 5.75 Å². The molecule has 0 spiro atoms. The number of ether oxygens (including phenoxy) is 1. The number of nitrogens with zero attached hydrogens (tertiary/aromatic N) is 2. The van der Waals surface area contributed by atoms with Gasteiger partial charge in [0.15, 0.2) is 0 Å². The molecule has 0 bridgehead atoms. The monoisotopic (exact) mass is 486 g/mol. The fourth-order valence-electron chi connectivity index (χ4n) is 3.61. The molecule has 35 heavy (non-hydrogen) atoms. The fraction of sp³-hybridized carbons (Fsp3) is 0.407. The smallest absolute Gasteiger partial charge is 0.421 e. The molecule has 0 saturated heterocycles. The predicted octanol–water partition coefficient (Wildman–Crippen LogP) is 8.14. The van der Waals surface area contributed by atoms with Crippen molar-refractivity contribution in [2.24, 2.45) is 5.92 Å². The number of nitrogens with one attached hydrogen (secondary N) is 2. The first-order chi connectivity index (χ1) is 16.8. The largest absolute Gasteiger partial charge is 0.494 e. The summed E-state index contributed by atoms with van der Waals surface area (Å²) in [7, 11) is 0. The second-order valence-electron chi connectivity index (χ2n) is 8.89. The van der Waals surface area contributed by atoms with Crippen molar-refractivity contribution in [2.75, 3.05) is 17.2 Å². The summed E-state index contributed by atoms with van der Waals surface area (Å²) in [6.45, 7) is 6.95. The molecule has 2 aromatic carbocycles. The van der Waals surface area contributed by atoms with Crippen molar-refractivity contribution in [3.05, 3.63) is 65.9 Å². The molecule has 0 amide bonds. The minimum atomic E-state index is -4.59. The van der Waals surface area contributed by atoms with E-state index in [-0.39, 0.29) is 11.8 Å². The van der Waals surface area contributed by atoms with E-state index in [0.29, 0.717) is 23.9 Å². The molecule has 2 N–H and O–H groups in total. The van der Waals surface area contributed by atoms with E-state index in [2.05, 4.69) is 41.4 Å². The average Bonchev–Trinajstić information content (AvgIpc) is 2.80. The lowest BCUT2D eigenvalue weighted by Gasteiger charge is -2.17. The first-order valence-electron chi connectivity index (χ1n) is 12.0. The third kappa shape index (κ3) is 8.16. The van der Waals surface area contributed by atoms with Crippen LogP contribution in [-0.2, 0) is 12.6 Å². The van der Waals surface area contributed by atoms with Crippen molar-refractivity contribution < 1.29 is 17.9 Å². The molecule has 3 rings (SSSR count). The van der Waals surface area contributed by atoms with Crippen LogP contribution in [0, 0.1) is 5.92 Å². The number of anilines is 4. The predicted molar refractivity (Wildman–Crippen MR) is 135 cm³/mol. The van der Waals surface area contributed by atoms with Crippen LogP contribution in [0.25, 0.3) is 0 Å². The molecule has 0 aliphatic carbocycles. The SMILES string of the molecule is CCCCCCOc1ccc(Nc2ncc(C(F)(F)F)c(Nc3ccccc3CC(C)C)n2)cc1. The lowest BCUT2D eigenvalue weighted by Crippen LogP contribution is -2.13. The number of benzene rings is 2. The van der Waals surface area contributed by atoms with E-state index < -0.39 is 11.7 Å². The highest BCUT2D eigenvalue weighted by molar-refractivity contribution is 5.65. The number of para-hydroxylation sites is 1. The molecule has 1 heterocycles. The van der Waals surface area contributed by atoms with Crippen LogP contribution in [0.3, 0.4) is 0 Å². The Balaban J connectivity index is 1.76. The summed E-state index contributed by atoms with van der Waals surface area (Å²) in [5.41, 5.74) is 1.24. The molecule has 0 fully saturated rings. The first kappa shape index (κ1) is 26.3. The number of unbranched alkanes of at least 4 members (excludes halogenated alkanes) is 3. The third-order valence-corrected chi connectivity index (χ3v) is 5.37. The van der Waals surface area contributed by atoms with Gasteiger partial charge in [0.05, 0.1) is 6.61 Å². The molecule has 1 aromatic heterocycles. The maximum atomic E-state index is 13.7. The van der Waals surface area contributed by atoms with Crippen molar-refractivity contribution in [1.29, 1.82) is 0 Å². The van der Waals surface area contributed by atoms with Gasteiger partial charge < -0.3 is 15.4 Å². The van der Waals surface area contributed by atoms with E-state index in [1.807, 2.05) is 24.3 Å². The Hall–Kier alpha value is -3.29. The molecule has 8 heteroatoms. The highest BCUT2D eigenvalue weighted by atomic mass is 19.4. The standard InChI is InChI=1S/C27H33F3N4O/c1-4-5-6-9-16-35-22-14-12-21(13-15-22)32-26-31-18-23(27(28,29)30)25(34-26)33-24-11-8-7-10-20(24)17-19(2)3/h7-8,10-15,18-19H,4-6,9,16-17H2,1-3H3,(H2,31,32,33,34). The van der Waals surface area contributed by atoms with Crippen molar-refractivity contribution in [2.45, 2.75) is 59.1 Å². The van der Waals surface area contributed by atoms with Crippen molar-refractivity contribution >= 4 is 23.1 Å². The number of aromatic nitrogens is 2. The van der Waals surface area contributed by atoms with Crippen LogP contribution >= 0.6 is 0 Å². The van der Waals surface area contributed by atoms with E-state index in [9.17, 15) is 13.2 Å². The van der Waals surface area contributed by atoms with Gasteiger partial charge in [-0.3, -0.25) is 0 Å². The zero-order chi connectivity index (χ0) is 25.3. The molecule has 0 radical (unpaired) electrons. The van der Waals surface area contributed by atoms with E-state index in [1.54, 1.807) is 24.3 Å². The van der Waals surface area contributed by atoms with E-state index in [4.69, 9.17) is 4.74 Å². The van der Waals surface area contributed by atoms with Crippen LogP contribution in [-0.4, -0.2) is 16.6 Å². The lowest BCUT2D eigenvalue weighted by atomic mass is 10.0. The quantitative estimate of drug-likeness (QED) is 0.253. The van der Waals surface area contributed by atoms with Crippen LogP contribution < -0.4 is 15.4 Å². The van der Waals surface area contributed by atoms with E-state index >= 15 is 0 Å². The summed E-state index contributed by atoms with van der Waals surface area (Å²) in [5.74, 6) is 0.865. The van der Waals surface area contributed by atoms with Gasteiger partial charge in [-0.15, -0.1) is 0 Å². The van der Waals surface area contributed by atoms with Gasteiger partial charge in [-0.2, -0.15) is 18.2 Å². The van der Waals surface area contributed by atoms with Gasteiger partial charge in [-0.05, 0) is 54.7 Å². The van der Waals surface area contributed by atoms with Gasteiger partial charge in [0.1, 0.15) is 17.1 Å². The third-order valence-electron chi connectivity index (χ3n) is 5.37. The summed E-state index contributed by atoms with van der Waals surface area (Å²) in [4.78, 5) is 8.07. The van der Waals surface area contributed by atoms with Gasteiger partial charge >= 0.3 is 6.18 Å². The number of hydrogen-bond donors (Lipinski definition) is 2. The maximum absolute atomic E-state index is 13.7. The number of alkyl halides is 3. The number of rotatable bonds is 12. The maximum Gasteiger partial charge on any atom is 0.421 e. The minimum Gasteiger partial charge on any atom is -0.494 e.